The molecule has 0 spiro atoms. The maximum absolute atomic E-state index is 13.3. The predicted molar refractivity (Wildman–Crippen MR) is 54.9 cm³/mol. The summed E-state index contributed by atoms with van der Waals surface area (Å²) >= 11 is 4.66. The first-order valence-electron chi connectivity index (χ1n) is 3.54. The monoisotopic (exact) mass is 258 g/mol. The van der Waals surface area contributed by atoms with E-state index < -0.39 is 0 Å². The molecule has 0 radical (unpaired) electrons. The van der Waals surface area contributed by atoms with Crippen molar-refractivity contribution in [3.8, 4) is 0 Å². The van der Waals surface area contributed by atoms with E-state index in [4.69, 9.17) is 0 Å². The van der Waals surface area contributed by atoms with Crippen LogP contribution in [-0.4, -0.2) is 6.29 Å². The molecule has 0 N–H and O–H groups in total. The second-order valence-corrected chi connectivity index (χ2v) is 4.34. The number of fused-ring (bicyclic) bond motifs is 1. The fourth-order valence-electron chi connectivity index (χ4n) is 1.17. The van der Waals surface area contributed by atoms with Gasteiger partial charge in [0.2, 0.25) is 0 Å². The maximum atomic E-state index is 13.3. The smallest absolute Gasteiger partial charge is 0.150 e. The summed E-state index contributed by atoms with van der Waals surface area (Å²) in [5, 5.41) is 2.36. The van der Waals surface area contributed by atoms with Crippen LogP contribution in [0.4, 0.5) is 4.39 Å². The molecular formula is C9H4BrFOS. The first kappa shape index (κ1) is 8.84. The lowest BCUT2D eigenvalue weighted by Crippen LogP contribution is -1.82. The molecule has 66 valence electrons. The fraction of sp³-hybridized carbons (Fsp3) is 0. The second-order valence-electron chi connectivity index (χ2n) is 2.58. The molecular weight excluding hydrogens is 255 g/mol. The normalized spacial score (nSPS) is 10.6. The van der Waals surface area contributed by atoms with Gasteiger partial charge in [0.1, 0.15) is 12.1 Å². The van der Waals surface area contributed by atoms with Gasteiger partial charge in [-0.1, -0.05) is 0 Å². The molecule has 0 aliphatic heterocycles. The Morgan fingerprint density at radius 1 is 1.46 bits per heavy atom. The quantitative estimate of drug-likeness (QED) is 0.715. The summed E-state index contributed by atoms with van der Waals surface area (Å²) < 4.78 is 14.9. The zero-order chi connectivity index (χ0) is 9.42. The summed E-state index contributed by atoms with van der Waals surface area (Å²) in [7, 11) is 0. The Kier molecular flexibility index (Phi) is 2.17. The van der Waals surface area contributed by atoms with E-state index in [2.05, 4.69) is 15.9 Å². The molecule has 1 aromatic carbocycles. The van der Waals surface area contributed by atoms with Gasteiger partial charge in [-0.25, -0.2) is 4.39 Å². The molecule has 13 heavy (non-hydrogen) atoms. The van der Waals surface area contributed by atoms with Crippen LogP contribution in [-0.2, 0) is 0 Å². The summed E-state index contributed by atoms with van der Waals surface area (Å²) in [6.45, 7) is 0. The number of hydrogen-bond acceptors (Lipinski definition) is 2. The summed E-state index contributed by atoms with van der Waals surface area (Å²) in [5.41, 5.74) is 0.374. The van der Waals surface area contributed by atoms with E-state index in [1.54, 1.807) is 6.07 Å². The number of carbonyl (C=O) groups is 1. The Bertz CT molecular complexity index is 478. The molecule has 0 unspecified atom stereocenters. The first-order chi connectivity index (χ1) is 6.22. The van der Waals surface area contributed by atoms with Crippen molar-refractivity contribution in [3.05, 3.63) is 33.4 Å². The van der Waals surface area contributed by atoms with Gasteiger partial charge in [0.15, 0.2) is 0 Å². The second kappa shape index (κ2) is 3.20. The van der Waals surface area contributed by atoms with Crippen LogP contribution in [0.25, 0.3) is 10.1 Å². The van der Waals surface area contributed by atoms with Crippen LogP contribution in [0.2, 0.25) is 0 Å². The molecule has 0 amide bonds. The standard InChI is InChI=1S/C9H4BrFOS/c10-6-4-13-8-2-5(3-12)1-7(11)9(6)8/h1-4H. The molecule has 4 heteroatoms. The molecule has 2 aromatic rings. The molecule has 0 fully saturated rings. The van der Waals surface area contributed by atoms with Gasteiger partial charge in [-0.2, -0.15) is 0 Å². The van der Waals surface area contributed by atoms with Crippen molar-refractivity contribution in [2.24, 2.45) is 0 Å². The predicted octanol–water partition coefficient (Wildman–Crippen LogP) is 3.62. The van der Waals surface area contributed by atoms with Gasteiger partial charge in [0.05, 0.1) is 0 Å². The van der Waals surface area contributed by atoms with E-state index in [1.807, 2.05) is 5.38 Å². The van der Waals surface area contributed by atoms with Gasteiger partial charge in [-0.15, -0.1) is 11.3 Å². The lowest BCUT2D eigenvalue weighted by molar-refractivity contribution is 0.112. The van der Waals surface area contributed by atoms with Crippen molar-refractivity contribution in [3.63, 3.8) is 0 Å². The fourth-order valence-corrected chi connectivity index (χ4v) is 2.86. The number of halogens is 2. The largest absolute Gasteiger partial charge is 0.298 e. The Balaban J connectivity index is 2.86. The van der Waals surface area contributed by atoms with Gasteiger partial charge >= 0.3 is 0 Å². The van der Waals surface area contributed by atoms with Gasteiger partial charge in [-0.3, -0.25) is 4.79 Å². The highest BCUT2D eigenvalue weighted by molar-refractivity contribution is 9.10. The summed E-state index contributed by atoms with van der Waals surface area (Å²) in [5.74, 6) is -0.354. The van der Waals surface area contributed by atoms with Crippen molar-refractivity contribution in [2.75, 3.05) is 0 Å². The molecule has 1 heterocycles. The van der Waals surface area contributed by atoms with E-state index >= 15 is 0 Å². The number of aldehydes is 1. The lowest BCUT2D eigenvalue weighted by Gasteiger charge is -1.95. The minimum atomic E-state index is -0.354. The number of thiophene rings is 1. The van der Waals surface area contributed by atoms with Crippen molar-refractivity contribution in [2.45, 2.75) is 0 Å². The third-order valence-electron chi connectivity index (χ3n) is 1.74. The number of rotatable bonds is 1. The Hall–Kier alpha value is -0.740. The zero-order valence-corrected chi connectivity index (χ0v) is 8.78. The summed E-state index contributed by atoms with van der Waals surface area (Å²) in [6, 6.07) is 2.92. The van der Waals surface area contributed by atoms with E-state index in [1.165, 1.54) is 17.4 Å². The van der Waals surface area contributed by atoms with Crippen molar-refractivity contribution in [1.82, 2.24) is 0 Å². The van der Waals surface area contributed by atoms with Crippen molar-refractivity contribution in [1.29, 1.82) is 0 Å². The molecule has 0 aliphatic rings. The highest BCUT2D eigenvalue weighted by atomic mass is 79.9. The first-order valence-corrected chi connectivity index (χ1v) is 5.21. The zero-order valence-electron chi connectivity index (χ0n) is 6.38. The maximum Gasteiger partial charge on any atom is 0.150 e. The summed E-state index contributed by atoms with van der Waals surface area (Å²) in [6.07, 6.45) is 0.649. The average Bonchev–Trinajstić information content (AvgIpc) is 2.48. The third-order valence-corrected chi connectivity index (χ3v) is 3.60. The lowest BCUT2D eigenvalue weighted by atomic mass is 10.2. The minimum absolute atomic E-state index is 0.354. The molecule has 2 rings (SSSR count). The van der Waals surface area contributed by atoms with Gasteiger partial charge in [0, 0.05) is 25.5 Å². The topological polar surface area (TPSA) is 17.1 Å². The van der Waals surface area contributed by atoms with Crippen LogP contribution in [0.15, 0.2) is 22.0 Å². The van der Waals surface area contributed by atoms with Crippen LogP contribution in [0.1, 0.15) is 10.4 Å². The SMILES string of the molecule is O=Cc1cc(F)c2c(Br)csc2c1. The molecule has 1 nitrogen and oxygen atoms in total. The average molecular weight is 259 g/mol. The van der Waals surface area contributed by atoms with E-state index in [9.17, 15) is 9.18 Å². The number of carbonyl (C=O) groups excluding carboxylic acids is 1. The highest BCUT2D eigenvalue weighted by Gasteiger charge is 2.08. The number of hydrogen-bond donors (Lipinski definition) is 0. The Labute approximate surface area is 86.3 Å². The summed E-state index contributed by atoms with van der Waals surface area (Å²) in [4.78, 5) is 10.4. The van der Waals surface area contributed by atoms with Crippen LogP contribution in [0.5, 0.6) is 0 Å². The van der Waals surface area contributed by atoms with Gasteiger partial charge < -0.3 is 0 Å². The third kappa shape index (κ3) is 1.40. The van der Waals surface area contributed by atoms with Crippen molar-refractivity contribution >= 4 is 43.6 Å². The van der Waals surface area contributed by atoms with Crippen LogP contribution in [0.3, 0.4) is 0 Å². The van der Waals surface area contributed by atoms with Gasteiger partial charge in [-0.05, 0) is 28.1 Å². The molecule has 0 saturated carbocycles. The Morgan fingerprint density at radius 2 is 2.23 bits per heavy atom. The highest BCUT2D eigenvalue weighted by Crippen LogP contribution is 2.32. The van der Waals surface area contributed by atoms with Crippen molar-refractivity contribution < 1.29 is 9.18 Å². The van der Waals surface area contributed by atoms with Crippen LogP contribution < -0.4 is 0 Å². The van der Waals surface area contributed by atoms with Crippen LogP contribution in [0, 0.1) is 5.82 Å². The van der Waals surface area contributed by atoms with Crippen LogP contribution >= 0.6 is 27.3 Å². The molecule has 1 aromatic heterocycles. The molecule has 0 aliphatic carbocycles. The molecule has 0 saturated heterocycles. The molecule has 0 bridgehead atoms. The van der Waals surface area contributed by atoms with E-state index in [-0.39, 0.29) is 5.82 Å². The van der Waals surface area contributed by atoms with E-state index in [0.29, 0.717) is 17.2 Å². The molecule has 0 atom stereocenters. The Morgan fingerprint density at radius 3 is 2.92 bits per heavy atom. The van der Waals surface area contributed by atoms with Gasteiger partial charge in [0.25, 0.3) is 0 Å². The minimum Gasteiger partial charge on any atom is -0.298 e. The number of benzene rings is 1. The van der Waals surface area contributed by atoms with E-state index in [0.717, 1.165) is 9.17 Å².